The lowest BCUT2D eigenvalue weighted by molar-refractivity contribution is 0.103. The summed E-state index contributed by atoms with van der Waals surface area (Å²) in [6.07, 6.45) is 9.40. The van der Waals surface area contributed by atoms with Crippen LogP contribution in [0.15, 0.2) is 46.9 Å². The average Bonchev–Trinajstić information content (AvgIpc) is 3.27. The number of ketones is 1. The van der Waals surface area contributed by atoms with Gasteiger partial charge >= 0.3 is 0 Å². The summed E-state index contributed by atoms with van der Waals surface area (Å²) >= 11 is 0. The topological polar surface area (TPSA) is 120 Å². The molecule has 0 amide bonds. The number of benzene rings is 2. The van der Waals surface area contributed by atoms with E-state index in [4.69, 9.17) is 9.15 Å². The highest BCUT2D eigenvalue weighted by Gasteiger charge is 2.22. The number of aryl methyl sites for hydroxylation is 1. The van der Waals surface area contributed by atoms with E-state index in [1.165, 1.54) is 25.7 Å². The first-order chi connectivity index (χ1) is 18.8. The van der Waals surface area contributed by atoms with E-state index in [0.29, 0.717) is 46.6 Å². The molecule has 0 saturated carbocycles. The van der Waals surface area contributed by atoms with Gasteiger partial charge in [-0.25, -0.2) is 8.42 Å². The summed E-state index contributed by atoms with van der Waals surface area (Å²) in [4.78, 5) is 16.2. The van der Waals surface area contributed by atoms with Gasteiger partial charge in [0.1, 0.15) is 17.1 Å². The summed E-state index contributed by atoms with van der Waals surface area (Å²) in [5, 5.41) is 0.607. The summed E-state index contributed by atoms with van der Waals surface area (Å²) in [5.41, 5.74) is 1.99. The molecule has 10 heteroatoms. The Morgan fingerprint density at radius 2 is 1.51 bits per heavy atom. The molecular formula is C31H47ClN2O6S. The number of carbonyl (C=O) groups is 1. The fraction of sp³-hybridized carbons (Fsp3) is 0.516. The van der Waals surface area contributed by atoms with Crippen molar-refractivity contribution >= 4 is 44.9 Å². The zero-order valence-electron chi connectivity index (χ0n) is 24.8. The van der Waals surface area contributed by atoms with E-state index in [9.17, 15) is 13.2 Å². The van der Waals surface area contributed by atoms with Crippen LogP contribution in [0, 0.1) is 0 Å². The molecule has 3 aromatic rings. The molecule has 1 aromatic heterocycles. The maximum absolute atomic E-state index is 13.7. The second-order valence-electron chi connectivity index (χ2n) is 10.2. The highest BCUT2D eigenvalue weighted by atomic mass is 35.5. The molecule has 1 heterocycles. The van der Waals surface area contributed by atoms with Gasteiger partial charge in [0.15, 0.2) is 5.78 Å². The van der Waals surface area contributed by atoms with E-state index in [1.807, 2.05) is 12.1 Å². The monoisotopic (exact) mass is 610 g/mol. The smallest absolute Gasteiger partial charge is 0.229 e. The van der Waals surface area contributed by atoms with Crippen molar-refractivity contribution in [1.29, 1.82) is 0 Å². The molecule has 8 nitrogen and oxygen atoms in total. The number of carbonyl (C=O) groups excluding carboxylic acids is 1. The predicted octanol–water partition coefficient (Wildman–Crippen LogP) is 6.65. The van der Waals surface area contributed by atoms with Crippen LogP contribution < -0.4 is 9.46 Å². The molecule has 0 atom stereocenters. The Bertz CT molecular complexity index is 1300. The highest BCUT2D eigenvalue weighted by molar-refractivity contribution is 7.92. The van der Waals surface area contributed by atoms with E-state index >= 15 is 0 Å². The standard InChI is InChI=1S/C31H44N2O5S.ClH.H2O/c1-5-8-12-29-30(27-23-25(32-39(4,35)36)15-18-28(27)38-29)31(34)24-13-16-26(17-14-24)37-22-11-21-33(19-9-6-2)20-10-7-3;;/h13-18,23,32H,5-12,19-22H2,1-4H3;1H;1H2. The van der Waals surface area contributed by atoms with Gasteiger partial charge in [-0.3, -0.25) is 9.52 Å². The van der Waals surface area contributed by atoms with Crippen LogP contribution in [0.2, 0.25) is 0 Å². The van der Waals surface area contributed by atoms with Gasteiger partial charge in [0, 0.05) is 29.6 Å². The van der Waals surface area contributed by atoms with Gasteiger partial charge in [0.25, 0.3) is 0 Å². The third-order valence-electron chi connectivity index (χ3n) is 6.71. The number of fused-ring (bicyclic) bond motifs is 1. The number of nitrogens with one attached hydrogen (secondary N) is 1. The van der Waals surface area contributed by atoms with Gasteiger partial charge in [-0.15, -0.1) is 12.4 Å². The predicted molar refractivity (Wildman–Crippen MR) is 170 cm³/mol. The molecule has 0 saturated heterocycles. The van der Waals surface area contributed by atoms with E-state index in [0.717, 1.165) is 50.9 Å². The molecule has 0 radical (unpaired) electrons. The van der Waals surface area contributed by atoms with Crippen LogP contribution in [0.4, 0.5) is 5.69 Å². The third-order valence-corrected chi connectivity index (χ3v) is 7.31. The molecule has 0 aliphatic heterocycles. The van der Waals surface area contributed by atoms with Gasteiger partial charge < -0.3 is 19.5 Å². The molecule has 2 aromatic carbocycles. The molecule has 0 spiro atoms. The average molecular weight is 611 g/mol. The number of sulfonamides is 1. The number of unbranched alkanes of at least 4 members (excludes halogenated alkanes) is 3. The highest BCUT2D eigenvalue weighted by Crippen LogP contribution is 2.32. The van der Waals surface area contributed by atoms with Gasteiger partial charge in [0.2, 0.25) is 10.0 Å². The zero-order valence-corrected chi connectivity index (χ0v) is 26.5. The Morgan fingerprint density at radius 3 is 2.10 bits per heavy atom. The van der Waals surface area contributed by atoms with Crippen molar-refractivity contribution in [3.63, 3.8) is 0 Å². The van der Waals surface area contributed by atoms with Crippen LogP contribution in [-0.4, -0.2) is 57.1 Å². The van der Waals surface area contributed by atoms with Crippen LogP contribution in [0.1, 0.15) is 87.4 Å². The molecule has 230 valence electrons. The zero-order chi connectivity index (χ0) is 28.3. The molecule has 3 N–H and O–H groups in total. The molecule has 0 unspecified atom stereocenters. The normalized spacial score (nSPS) is 11.2. The maximum Gasteiger partial charge on any atom is 0.229 e. The Labute approximate surface area is 251 Å². The minimum atomic E-state index is -3.45. The van der Waals surface area contributed by atoms with Crippen LogP contribution >= 0.6 is 12.4 Å². The number of hydrogen-bond donors (Lipinski definition) is 1. The lowest BCUT2D eigenvalue weighted by atomic mass is 9.98. The van der Waals surface area contributed by atoms with Crippen molar-refractivity contribution in [3.8, 4) is 5.75 Å². The molecule has 41 heavy (non-hydrogen) atoms. The summed E-state index contributed by atoms with van der Waals surface area (Å²) in [5.74, 6) is 1.22. The van der Waals surface area contributed by atoms with Crippen LogP contribution in [0.3, 0.4) is 0 Å². The van der Waals surface area contributed by atoms with Crippen molar-refractivity contribution in [2.45, 2.75) is 72.1 Å². The number of hydrogen-bond acceptors (Lipinski definition) is 6. The fourth-order valence-electron chi connectivity index (χ4n) is 4.61. The lowest BCUT2D eigenvalue weighted by Gasteiger charge is -2.21. The summed E-state index contributed by atoms with van der Waals surface area (Å²) in [6.45, 7) is 10.5. The minimum absolute atomic E-state index is 0. The van der Waals surface area contributed by atoms with Gasteiger partial charge in [-0.2, -0.15) is 0 Å². The van der Waals surface area contributed by atoms with E-state index in [1.54, 1.807) is 30.3 Å². The minimum Gasteiger partial charge on any atom is -0.494 e. The SMILES string of the molecule is CCCCc1oc2ccc(NS(C)(=O)=O)cc2c1C(=O)c1ccc(OCCCN(CCCC)CCCC)cc1.Cl.O. The maximum atomic E-state index is 13.7. The molecule has 3 rings (SSSR count). The van der Waals surface area contributed by atoms with Crippen molar-refractivity contribution < 1.29 is 27.8 Å². The Balaban J connectivity index is 0.00000420. The molecule has 0 aliphatic carbocycles. The summed E-state index contributed by atoms with van der Waals surface area (Å²) in [6, 6.07) is 12.3. The molecule has 0 aliphatic rings. The largest absolute Gasteiger partial charge is 0.494 e. The lowest BCUT2D eigenvalue weighted by Crippen LogP contribution is -2.28. The summed E-state index contributed by atoms with van der Waals surface area (Å²) in [7, 11) is -3.45. The van der Waals surface area contributed by atoms with E-state index in [-0.39, 0.29) is 23.7 Å². The van der Waals surface area contributed by atoms with Gasteiger partial charge in [0.05, 0.1) is 18.4 Å². The summed E-state index contributed by atoms with van der Waals surface area (Å²) < 4.78 is 38.0. The molecule has 0 bridgehead atoms. The van der Waals surface area contributed by atoms with Crippen molar-refractivity contribution in [1.82, 2.24) is 4.90 Å². The Kier molecular flexibility index (Phi) is 16.0. The van der Waals surface area contributed by atoms with E-state index in [2.05, 4.69) is 30.4 Å². The van der Waals surface area contributed by atoms with Gasteiger partial charge in [-0.05, 0) is 81.2 Å². The number of nitrogens with zero attached hydrogens (tertiary/aromatic N) is 1. The first-order valence-electron chi connectivity index (χ1n) is 14.3. The first kappa shape index (κ1) is 36.4. The number of anilines is 1. The van der Waals surface area contributed by atoms with Crippen LogP contribution in [0.25, 0.3) is 11.0 Å². The molecule has 0 fully saturated rings. The van der Waals surface area contributed by atoms with E-state index < -0.39 is 10.0 Å². The van der Waals surface area contributed by atoms with Crippen LogP contribution in [-0.2, 0) is 16.4 Å². The Morgan fingerprint density at radius 1 is 0.902 bits per heavy atom. The second-order valence-corrected chi connectivity index (χ2v) is 11.9. The van der Waals surface area contributed by atoms with Crippen LogP contribution in [0.5, 0.6) is 5.75 Å². The molecular weight excluding hydrogens is 564 g/mol. The third kappa shape index (κ3) is 11.3. The van der Waals surface area contributed by atoms with Gasteiger partial charge in [-0.1, -0.05) is 40.0 Å². The first-order valence-corrected chi connectivity index (χ1v) is 16.2. The number of rotatable bonds is 18. The quantitative estimate of drug-likeness (QED) is 0.127. The van der Waals surface area contributed by atoms with Crippen molar-refractivity contribution in [2.24, 2.45) is 0 Å². The number of halogens is 1. The fourth-order valence-corrected chi connectivity index (χ4v) is 5.17. The Hall–Kier alpha value is -2.59. The second kappa shape index (κ2) is 18.1. The number of ether oxygens (including phenoxy) is 1. The van der Waals surface area contributed by atoms with Crippen molar-refractivity contribution in [2.75, 3.05) is 37.2 Å². The number of furan rings is 1. The van der Waals surface area contributed by atoms with Crippen molar-refractivity contribution in [3.05, 3.63) is 59.4 Å².